The van der Waals surface area contributed by atoms with E-state index >= 15 is 0 Å². The molecule has 0 aliphatic carbocycles. The molecule has 0 fully saturated rings. The number of phenols is 1. The van der Waals surface area contributed by atoms with Crippen LogP contribution in [0.25, 0.3) is 0 Å². The molecule has 0 saturated carbocycles. The summed E-state index contributed by atoms with van der Waals surface area (Å²) >= 11 is 22.7. The van der Waals surface area contributed by atoms with Gasteiger partial charge in [-0.05, 0) is 149 Å². The van der Waals surface area contributed by atoms with Crippen molar-refractivity contribution in [3.8, 4) is 17.2 Å². The predicted molar refractivity (Wildman–Crippen MR) is 243 cm³/mol. The Morgan fingerprint density at radius 3 is 1.21 bits per heavy atom. The van der Waals surface area contributed by atoms with Gasteiger partial charge in [0, 0.05) is 21.5 Å². The number of aromatic hydroxyl groups is 1. The van der Waals surface area contributed by atoms with E-state index in [1.165, 1.54) is 42.5 Å². The quantitative estimate of drug-likeness (QED) is 0.0657. The molecule has 0 aromatic heterocycles. The molecule has 0 atom stereocenters. The number of aryl methyl sites for hydroxylation is 2. The number of benzene rings is 5. The first-order valence-corrected chi connectivity index (χ1v) is 23.7. The van der Waals surface area contributed by atoms with Gasteiger partial charge < -0.3 is 14.6 Å². The molecule has 5 rings (SSSR count). The molecule has 0 spiro atoms. The summed E-state index contributed by atoms with van der Waals surface area (Å²) in [4.78, 5) is 0.123. The summed E-state index contributed by atoms with van der Waals surface area (Å²) in [6.07, 6.45) is 0.590. The van der Waals surface area contributed by atoms with Crippen molar-refractivity contribution in [2.45, 2.75) is 36.5 Å². The molecule has 314 valence electrons. The van der Waals surface area contributed by atoms with Crippen molar-refractivity contribution in [1.29, 1.82) is 0 Å². The predicted octanol–water partition coefficient (Wildman–Crippen LogP) is 11.9. The largest absolute Gasteiger partial charge is 0.504 e. The zero-order valence-electron chi connectivity index (χ0n) is 30.3. The lowest BCUT2D eigenvalue weighted by Gasteiger charge is -2.12. The van der Waals surface area contributed by atoms with Crippen LogP contribution in [0.3, 0.4) is 0 Å². The van der Waals surface area contributed by atoms with Gasteiger partial charge in [0.05, 0.1) is 46.9 Å². The molecule has 0 aliphatic heterocycles. The lowest BCUT2D eigenvalue weighted by molar-refractivity contribution is 0.234. The molecule has 9 nitrogen and oxygen atoms in total. The summed E-state index contributed by atoms with van der Waals surface area (Å²) in [6, 6.07) is 20.7. The average molecular weight is 1240 g/mol. The Hall–Kier alpha value is -1.83. The Morgan fingerprint density at radius 2 is 0.862 bits per heavy atom. The first-order chi connectivity index (χ1) is 27.2. The molecule has 5 aromatic carbocycles. The van der Waals surface area contributed by atoms with Gasteiger partial charge in [0.2, 0.25) is 0 Å². The van der Waals surface area contributed by atoms with Crippen molar-refractivity contribution in [3.63, 3.8) is 0 Å². The molecule has 0 radical (unpaired) electrons. The minimum absolute atomic E-state index is 0.0614. The van der Waals surface area contributed by atoms with Crippen molar-refractivity contribution in [2.24, 2.45) is 0 Å². The van der Waals surface area contributed by atoms with Crippen LogP contribution in [0.2, 0.25) is 15.1 Å². The van der Waals surface area contributed by atoms with E-state index in [9.17, 15) is 30.0 Å². The summed E-state index contributed by atoms with van der Waals surface area (Å²) in [6.45, 7) is 3.84. The van der Waals surface area contributed by atoms with Gasteiger partial charge in [-0.3, -0.25) is 8.37 Å². The number of ether oxygens (including phenoxy) is 2. The molecule has 0 bridgehead atoms. The summed E-state index contributed by atoms with van der Waals surface area (Å²) in [7, 11) is -7.71. The van der Waals surface area contributed by atoms with Gasteiger partial charge >= 0.3 is 0 Å². The van der Waals surface area contributed by atoms with Gasteiger partial charge in [-0.1, -0.05) is 70.2 Å². The Kier molecular flexibility index (Phi) is 20.9. The summed E-state index contributed by atoms with van der Waals surface area (Å²) < 4.78 is 110. The molecule has 20 heteroatoms. The molecule has 58 heavy (non-hydrogen) atoms. The van der Waals surface area contributed by atoms with Crippen LogP contribution < -0.4 is 9.47 Å². The fourth-order valence-electron chi connectivity index (χ4n) is 4.22. The zero-order chi connectivity index (χ0) is 43.2. The highest BCUT2D eigenvalue weighted by molar-refractivity contribution is 14.1. The topological polar surface area (TPSA) is 125 Å². The highest BCUT2D eigenvalue weighted by Gasteiger charge is 2.17. The third-order valence-corrected chi connectivity index (χ3v) is 12.8. The van der Waals surface area contributed by atoms with Crippen LogP contribution in [0, 0.1) is 42.0 Å². The minimum atomic E-state index is -3.85. The molecule has 0 heterocycles. The Morgan fingerprint density at radius 1 is 0.534 bits per heavy atom. The zero-order valence-corrected chi connectivity index (χ0v) is 40.6. The van der Waals surface area contributed by atoms with Crippen LogP contribution >= 0.6 is 103 Å². The van der Waals surface area contributed by atoms with Gasteiger partial charge in [0.15, 0.2) is 34.7 Å². The molecule has 0 unspecified atom stereocenters. The van der Waals surface area contributed by atoms with Crippen LogP contribution in [-0.4, -0.2) is 48.4 Å². The molecular weight excluding hydrogens is 1210 g/mol. The molecular formula is C38H33Cl3F3I3O9S2. The number of phenolic OH excluding ortho intramolecular Hbond substituents is 1. The Balaban J connectivity index is 0.000000252. The normalized spacial score (nSPS) is 11.2. The summed E-state index contributed by atoms with van der Waals surface area (Å²) in [5, 5.41) is 9.81. The van der Waals surface area contributed by atoms with Crippen LogP contribution in [-0.2, 0) is 28.6 Å². The number of halogens is 9. The van der Waals surface area contributed by atoms with Crippen LogP contribution in [0.15, 0.2) is 94.7 Å². The van der Waals surface area contributed by atoms with Gasteiger partial charge in [0.1, 0.15) is 0 Å². The maximum atomic E-state index is 13.7. The van der Waals surface area contributed by atoms with Crippen LogP contribution in [0.5, 0.6) is 17.2 Å². The second-order valence-electron chi connectivity index (χ2n) is 11.7. The van der Waals surface area contributed by atoms with Gasteiger partial charge in [0.25, 0.3) is 20.2 Å². The maximum absolute atomic E-state index is 13.7. The average Bonchev–Trinajstić information content (AvgIpc) is 3.13. The molecule has 5 aromatic rings. The van der Waals surface area contributed by atoms with Gasteiger partial charge in [-0.25, -0.2) is 13.2 Å². The summed E-state index contributed by atoms with van der Waals surface area (Å²) in [5.41, 5.74) is 1.88. The standard InChI is InChI=1S/C17H20O6S2.C15H10Cl2F2I2O2.C6H3ClFIO/c1-14-4-8-16(9-5-14)24(18,19)22-12-3-13-23-25(20,21)17-10-6-15(2)7-11-17;16-8-4-10(18)14(12(20)6-8)22-2-1-3-23-15-11(19)5-9(17)7-13(15)21;7-3-1-4(8)6(10)5(9)2-3/h4-11H,3,12-13H2,1-2H3;4-7H,1-3H2;1-2,10H. The van der Waals surface area contributed by atoms with Crippen molar-refractivity contribution in [3.05, 3.63) is 139 Å². The third-order valence-electron chi connectivity index (χ3n) is 7.07. The first-order valence-electron chi connectivity index (χ1n) is 16.5. The van der Waals surface area contributed by atoms with Crippen molar-refractivity contribution in [1.82, 2.24) is 0 Å². The molecule has 0 amide bonds. The van der Waals surface area contributed by atoms with Crippen molar-refractivity contribution < 1.29 is 53.0 Å². The smallest absolute Gasteiger partial charge is 0.296 e. The lowest BCUT2D eigenvalue weighted by atomic mass is 10.2. The first kappa shape index (κ1) is 50.5. The molecule has 0 aliphatic rings. The van der Waals surface area contributed by atoms with E-state index in [2.05, 4.69) is 0 Å². The monoisotopic (exact) mass is 1240 g/mol. The van der Waals surface area contributed by atoms with E-state index < -0.39 is 37.7 Å². The van der Waals surface area contributed by atoms with E-state index in [0.717, 1.165) is 17.2 Å². The number of rotatable bonds is 14. The van der Waals surface area contributed by atoms with Crippen LogP contribution in [0.1, 0.15) is 24.0 Å². The van der Waals surface area contributed by atoms with Gasteiger partial charge in [-0.2, -0.15) is 16.8 Å². The van der Waals surface area contributed by atoms with Crippen molar-refractivity contribution in [2.75, 3.05) is 26.4 Å². The van der Waals surface area contributed by atoms with E-state index in [1.54, 1.807) is 59.0 Å². The lowest BCUT2D eigenvalue weighted by Crippen LogP contribution is -2.12. The highest BCUT2D eigenvalue weighted by Crippen LogP contribution is 2.30. The SMILES string of the molecule is Cc1ccc(S(=O)(=O)OCCCOS(=O)(=O)c2ccc(C)cc2)cc1.Fc1cc(Cl)cc(I)c1OCCCOc1c(F)cc(Cl)cc1I.Oc1c(F)cc(Cl)cc1I. The fraction of sp³-hybridized carbons (Fsp3) is 0.211. The van der Waals surface area contributed by atoms with Crippen LogP contribution in [0.4, 0.5) is 13.2 Å². The van der Waals surface area contributed by atoms with Gasteiger partial charge in [-0.15, -0.1) is 0 Å². The van der Waals surface area contributed by atoms with Crippen molar-refractivity contribution >= 4 is 123 Å². The Bertz CT molecular complexity index is 2170. The van der Waals surface area contributed by atoms with E-state index in [0.29, 0.717) is 32.2 Å². The second kappa shape index (κ2) is 24.0. The Labute approximate surface area is 391 Å². The molecule has 0 saturated heterocycles. The number of hydrogen-bond donors (Lipinski definition) is 1. The summed E-state index contributed by atoms with van der Waals surface area (Å²) in [5.74, 6) is -1.74. The van der Waals surface area contributed by atoms with E-state index in [-0.39, 0.29) is 59.9 Å². The minimum Gasteiger partial charge on any atom is -0.504 e. The maximum Gasteiger partial charge on any atom is 0.296 e. The van der Waals surface area contributed by atoms with E-state index in [4.69, 9.17) is 57.7 Å². The third kappa shape index (κ3) is 16.6. The second-order valence-corrected chi connectivity index (χ2v) is 19.7. The highest BCUT2D eigenvalue weighted by atomic mass is 127. The van der Waals surface area contributed by atoms with E-state index in [1.807, 2.05) is 59.0 Å². The fourth-order valence-corrected chi connectivity index (χ4v) is 9.36. The molecule has 1 N–H and O–H groups in total. The number of hydrogen-bond acceptors (Lipinski definition) is 9.